The highest BCUT2D eigenvalue weighted by atomic mass is 19.1. The molecular formula is C25H21F2N5O5. The van der Waals surface area contributed by atoms with E-state index in [9.17, 15) is 28.5 Å². The smallest absolute Gasteiger partial charge is 0.435 e. The zero-order valence-electron chi connectivity index (χ0n) is 20.2. The molecule has 12 heteroatoms. The van der Waals surface area contributed by atoms with Gasteiger partial charge < -0.3 is 10.1 Å². The molecule has 0 fully saturated rings. The van der Waals surface area contributed by atoms with E-state index >= 15 is 0 Å². The molecule has 4 aromatic rings. The summed E-state index contributed by atoms with van der Waals surface area (Å²) in [5.74, 6) is -2.55. The largest absolute Gasteiger partial charge is 0.442 e. The van der Waals surface area contributed by atoms with Crippen LogP contribution in [-0.2, 0) is 4.74 Å². The van der Waals surface area contributed by atoms with E-state index in [1.54, 1.807) is 39.8 Å². The van der Waals surface area contributed by atoms with Crippen molar-refractivity contribution in [1.82, 2.24) is 14.8 Å². The number of nitrogens with zero attached hydrogens (tertiary/aromatic N) is 4. The molecule has 0 aliphatic carbocycles. The Hall–Kier alpha value is -4.74. The van der Waals surface area contributed by atoms with Gasteiger partial charge in [-0.2, -0.15) is 4.68 Å². The van der Waals surface area contributed by atoms with Crippen LogP contribution in [0, 0.1) is 28.7 Å². The number of carbonyl (C=O) groups is 2. The van der Waals surface area contributed by atoms with Crippen LogP contribution in [0.2, 0.25) is 0 Å². The predicted molar refractivity (Wildman–Crippen MR) is 130 cm³/mol. The number of hydrogen-bond donors (Lipinski definition) is 1. The lowest BCUT2D eigenvalue weighted by molar-refractivity contribution is -0.385. The maximum Gasteiger partial charge on any atom is 0.435 e. The van der Waals surface area contributed by atoms with Crippen molar-refractivity contribution in [2.24, 2.45) is 0 Å². The highest BCUT2D eigenvalue weighted by Gasteiger charge is 2.26. The van der Waals surface area contributed by atoms with Crippen molar-refractivity contribution in [2.75, 3.05) is 5.32 Å². The van der Waals surface area contributed by atoms with Gasteiger partial charge in [-0.1, -0.05) is 12.1 Å². The standard InChI is InChI=1S/C25H21F2N5O5/c1-13-6-5-7-17(27)21(13)18-11-16-20(12-28-18)31(24(34)37-25(2,3)4)30-22(16)29-23(33)15-9-8-14(26)10-19(15)32(35)36/h5-12H,1-4H3,(H,29,30,33). The lowest BCUT2D eigenvalue weighted by atomic mass is 10.0. The van der Waals surface area contributed by atoms with E-state index in [1.807, 2.05) is 0 Å². The monoisotopic (exact) mass is 509 g/mol. The second-order valence-electron chi connectivity index (χ2n) is 9.13. The molecular weight excluding hydrogens is 488 g/mol. The molecule has 0 atom stereocenters. The number of anilines is 1. The Labute approximate surface area is 209 Å². The van der Waals surface area contributed by atoms with Crippen LogP contribution in [0.3, 0.4) is 0 Å². The number of pyridine rings is 1. The molecule has 0 aliphatic heterocycles. The first-order chi connectivity index (χ1) is 17.4. The maximum absolute atomic E-state index is 14.6. The molecule has 2 aromatic carbocycles. The molecule has 190 valence electrons. The van der Waals surface area contributed by atoms with Gasteiger partial charge in [0.2, 0.25) is 0 Å². The minimum absolute atomic E-state index is 0.135. The molecule has 10 nitrogen and oxygen atoms in total. The number of nitro groups is 1. The van der Waals surface area contributed by atoms with Gasteiger partial charge in [-0.15, -0.1) is 5.10 Å². The Morgan fingerprint density at radius 1 is 1.14 bits per heavy atom. The number of halogens is 2. The van der Waals surface area contributed by atoms with Gasteiger partial charge in [0, 0.05) is 10.9 Å². The quantitative estimate of drug-likeness (QED) is 0.279. The van der Waals surface area contributed by atoms with Crippen molar-refractivity contribution in [3.63, 3.8) is 0 Å². The third kappa shape index (κ3) is 5.13. The summed E-state index contributed by atoms with van der Waals surface area (Å²) in [6.07, 6.45) is 0.408. The number of aryl methyl sites for hydroxylation is 1. The van der Waals surface area contributed by atoms with Crippen molar-refractivity contribution < 1.29 is 28.0 Å². The van der Waals surface area contributed by atoms with Crippen molar-refractivity contribution in [2.45, 2.75) is 33.3 Å². The number of benzene rings is 2. The summed E-state index contributed by atoms with van der Waals surface area (Å²) in [6, 6.07) is 8.44. The van der Waals surface area contributed by atoms with Crippen molar-refractivity contribution >= 4 is 34.4 Å². The lowest BCUT2D eigenvalue weighted by Crippen LogP contribution is -2.27. The number of fused-ring (bicyclic) bond motifs is 1. The van der Waals surface area contributed by atoms with Crippen LogP contribution in [0.25, 0.3) is 22.2 Å². The minimum atomic E-state index is -0.970. The van der Waals surface area contributed by atoms with Crippen LogP contribution in [0.5, 0.6) is 0 Å². The van der Waals surface area contributed by atoms with Crippen LogP contribution in [0.4, 0.5) is 25.1 Å². The molecule has 1 amide bonds. The summed E-state index contributed by atoms with van der Waals surface area (Å²) in [5.41, 5.74) is -0.903. The maximum atomic E-state index is 14.6. The van der Waals surface area contributed by atoms with Crippen molar-refractivity contribution in [1.29, 1.82) is 0 Å². The number of hydrogen-bond acceptors (Lipinski definition) is 7. The Kier molecular flexibility index (Phi) is 6.42. The molecule has 0 bridgehead atoms. The lowest BCUT2D eigenvalue weighted by Gasteiger charge is -2.19. The first-order valence-corrected chi connectivity index (χ1v) is 11.0. The summed E-state index contributed by atoms with van der Waals surface area (Å²) in [5, 5.41) is 18.1. The topological polar surface area (TPSA) is 129 Å². The molecule has 2 heterocycles. The SMILES string of the molecule is Cc1cccc(F)c1-c1cc2c(NC(=O)c3ccc(F)cc3[N+](=O)[O-])nn(C(=O)OC(C)(C)C)c2cn1. The number of carbonyl (C=O) groups excluding carboxylic acids is 2. The number of aromatic nitrogens is 3. The van der Waals surface area contributed by atoms with Crippen LogP contribution < -0.4 is 5.32 Å². The number of nitrogens with one attached hydrogen (secondary N) is 1. The van der Waals surface area contributed by atoms with Gasteiger partial charge in [0.15, 0.2) is 5.82 Å². The van der Waals surface area contributed by atoms with Crippen LogP contribution in [0.1, 0.15) is 36.7 Å². The average Bonchev–Trinajstić information content (AvgIpc) is 3.15. The van der Waals surface area contributed by atoms with Crippen molar-refractivity contribution in [3.05, 3.63) is 81.5 Å². The van der Waals surface area contributed by atoms with E-state index in [0.717, 1.165) is 16.8 Å². The summed E-state index contributed by atoms with van der Waals surface area (Å²) in [4.78, 5) is 40.6. The van der Waals surface area contributed by atoms with Gasteiger partial charge in [-0.3, -0.25) is 19.9 Å². The normalized spacial score (nSPS) is 11.4. The molecule has 0 aliphatic rings. The van der Waals surface area contributed by atoms with E-state index < -0.39 is 45.4 Å². The Bertz CT molecular complexity index is 1560. The first-order valence-electron chi connectivity index (χ1n) is 11.0. The second-order valence-corrected chi connectivity index (χ2v) is 9.13. The van der Waals surface area contributed by atoms with E-state index in [4.69, 9.17) is 4.74 Å². The van der Waals surface area contributed by atoms with Gasteiger partial charge in [0.25, 0.3) is 11.6 Å². The van der Waals surface area contributed by atoms with E-state index in [0.29, 0.717) is 11.6 Å². The fourth-order valence-electron chi connectivity index (χ4n) is 3.67. The van der Waals surface area contributed by atoms with E-state index in [1.165, 1.54) is 18.3 Å². The fourth-order valence-corrected chi connectivity index (χ4v) is 3.67. The Morgan fingerprint density at radius 2 is 1.86 bits per heavy atom. The minimum Gasteiger partial charge on any atom is -0.442 e. The van der Waals surface area contributed by atoms with Crippen LogP contribution in [0.15, 0.2) is 48.7 Å². The molecule has 0 radical (unpaired) electrons. The summed E-state index contributed by atoms with van der Waals surface area (Å²) < 4.78 is 34.5. The molecule has 0 saturated carbocycles. The zero-order chi connectivity index (χ0) is 27.1. The van der Waals surface area contributed by atoms with Gasteiger partial charge in [-0.05, 0) is 57.5 Å². The second kappa shape index (κ2) is 9.37. The summed E-state index contributed by atoms with van der Waals surface area (Å²) in [7, 11) is 0. The highest BCUT2D eigenvalue weighted by Crippen LogP contribution is 2.31. The van der Waals surface area contributed by atoms with Gasteiger partial charge >= 0.3 is 6.09 Å². The fraction of sp³-hybridized carbons (Fsp3) is 0.200. The van der Waals surface area contributed by atoms with Gasteiger partial charge in [-0.25, -0.2) is 13.6 Å². The number of ether oxygens (including phenoxy) is 1. The van der Waals surface area contributed by atoms with Gasteiger partial charge in [0.05, 0.1) is 22.9 Å². The molecule has 2 aromatic heterocycles. The third-order valence-electron chi connectivity index (χ3n) is 5.24. The summed E-state index contributed by atoms with van der Waals surface area (Å²) in [6.45, 7) is 6.67. The number of nitro benzene ring substituents is 1. The number of rotatable bonds is 4. The van der Waals surface area contributed by atoms with Crippen LogP contribution in [-0.4, -0.2) is 37.3 Å². The molecule has 0 unspecified atom stereocenters. The Morgan fingerprint density at radius 3 is 2.51 bits per heavy atom. The average molecular weight is 509 g/mol. The first kappa shape index (κ1) is 25.4. The van der Waals surface area contributed by atoms with Crippen LogP contribution >= 0.6 is 0 Å². The third-order valence-corrected chi connectivity index (χ3v) is 5.24. The molecule has 4 rings (SSSR count). The predicted octanol–water partition coefficient (Wildman–Crippen LogP) is 5.63. The highest BCUT2D eigenvalue weighted by molar-refractivity contribution is 6.11. The van der Waals surface area contributed by atoms with E-state index in [2.05, 4.69) is 15.4 Å². The van der Waals surface area contributed by atoms with Crippen molar-refractivity contribution in [3.8, 4) is 11.3 Å². The summed E-state index contributed by atoms with van der Waals surface area (Å²) >= 11 is 0. The van der Waals surface area contributed by atoms with Gasteiger partial charge in [0.1, 0.15) is 28.3 Å². The molecule has 0 saturated heterocycles. The molecule has 37 heavy (non-hydrogen) atoms. The molecule has 0 spiro atoms. The Balaban J connectivity index is 1.86. The molecule has 1 N–H and O–H groups in total. The number of amides is 1. The zero-order valence-corrected chi connectivity index (χ0v) is 20.2. The van der Waals surface area contributed by atoms with E-state index in [-0.39, 0.29) is 28.0 Å².